The Morgan fingerprint density at radius 3 is 2.39 bits per heavy atom. The van der Waals surface area contributed by atoms with Gasteiger partial charge in [0.25, 0.3) is 0 Å². The zero-order chi connectivity index (χ0) is 20.3. The number of nitrogens with zero attached hydrogens (tertiary/aromatic N) is 1. The molecular formula is C22H23NO5. The summed E-state index contributed by atoms with van der Waals surface area (Å²) in [5.41, 5.74) is 1.78. The molecule has 0 saturated carbocycles. The SMILES string of the molecule is C[C@H](C(=O)OC1C[C@@H](C(=O)O)N(C)C1)c1cccc(C(=O)c2ccccc2)c1. The third-order valence-corrected chi connectivity index (χ3v) is 5.12. The molecule has 1 aliphatic rings. The third kappa shape index (κ3) is 4.28. The average molecular weight is 381 g/mol. The Balaban J connectivity index is 1.69. The summed E-state index contributed by atoms with van der Waals surface area (Å²) in [5, 5.41) is 9.19. The molecule has 0 aliphatic carbocycles. The lowest BCUT2D eigenvalue weighted by Gasteiger charge is -2.17. The highest BCUT2D eigenvalue weighted by Crippen LogP contribution is 2.24. The Bertz CT molecular complexity index is 880. The minimum Gasteiger partial charge on any atom is -0.480 e. The van der Waals surface area contributed by atoms with Gasteiger partial charge in [-0.2, -0.15) is 0 Å². The van der Waals surface area contributed by atoms with Gasteiger partial charge in [0.05, 0.1) is 5.92 Å². The van der Waals surface area contributed by atoms with E-state index in [0.717, 1.165) is 0 Å². The number of carbonyl (C=O) groups excluding carboxylic acids is 2. The minimum atomic E-state index is -0.916. The quantitative estimate of drug-likeness (QED) is 0.612. The summed E-state index contributed by atoms with van der Waals surface area (Å²) in [5.74, 6) is -2.00. The van der Waals surface area contributed by atoms with Gasteiger partial charge in [-0.3, -0.25) is 19.3 Å². The predicted octanol–water partition coefficient (Wildman–Crippen LogP) is 2.72. The van der Waals surface area contributed by atoms with E-state index in [0.29, 0.717) is 23.2 Å². The Morgan fingerprint density at radius 1 is 1.07 bits per heavy atom. The standard InChI is InChI=1S/C22H23NO5/c1-14(22(27)28-18-12-19(21(25)26)23(2)13-18)16-9-6-10-17(11-16)20(24)15-7-4-3-5-8-15/h3-11,14,18-19H,12-13H2,1-2H3,(H,25,26)/t14-,18?,19-/m0/s1. The summed E-state index contributed by atoms with van der Waals surface area (Å²) >= 11 is 0. The number of carboxylic acids is 1. The number of hydrogen-bond acceptors (Lipinski definition) is 5. The van der Waals surface area contributed by atoms with E-state index in [4.69, 9.17) is 4.74 Å². The number of hydrogen-bond donors (Lipinski definition) is 1. The lowest BCUT2D eigenvalue weighted by atomic mass is 9.96. The number of likely N-dealkylation sites (tertiary alicyclic amines) is 1. The highest BCUT2D eigenvalue weighted by molar-refractivity contribution is 6.09. The van der Waals surface area contributed by atoms with Crippen LogP contribution in [0.2, 0.25) is 0 Å². The van der Waals surface area contributed by atoms with E-state index >= 15 is 0 Å². The van der Waals surface area contributed by atoms with Gasteiger partial charge in [0.15, 0.2) is 5.78 Å². The maximum absolute atomic E-state index is 12.6. The third-order valence-electron chi connectivity index (χ3n) is 5.12. The summed E-state index contributed by atoms with van der Waals surface area (Å²) in [7, 11) is 1.70. The van der Waals surface area contributed by atoms with Crippen LogP contribution in [0.15, 0.2) is 54.6 Å². The predicted molar refractivity (Wildman–Crippen MR) is 103 cm³/mol. The molecule has 0 aromatic heterocycles. The van der Waals surface area contributed by atoms with Crippen molar-refractivity contribution in [2.45, 2.75) is 31.4 Å². The lowest BCUT2D eigenvalue weighted by Crippen LogP contribution is -2.32. The smallest absolute Gasteiger partial charge is 0.321 e. The molecule has 6 heteroatoms. The molecule has 0 spiro atoms. The molecule has 2 aromatic rings. The molecule has 28 heavy (non-hydrogen) atoms. The zero-order valence-electron chi connectivity index (χ0n) is 15.9. The summed E-state index contributed by atoms with van der Waals surface area (Å²) < 4.78 is 5.53. The first kappa shape index (κ1) is 19.8. The second-order valence-corrected chi connectivity index (χ2v) is 7.13. The normalized spacial score (nSPS) is 20.5. The molecule has 0 radical (unpaired) electrons. The van der Waals surface area contributed by atoms with Crippen LogP contribution >= 0.6 is 0 Å². The van der Waals surface area contributed by atoms with Crippen LogP contribution < -0.4 is 0 Å². The Labute approximate surface area is 163 Å². The van der Waals surface area contributed by atoms with Crippen LogP contribution in [0.5, 0.6) is 0 Å². The van der Waals surface area contributed by atoms with Crippen molar-refractivity contribution in [1.29, 1.82) is 0 Å². The number of benzene rings is 2. The zero-order valence-corrected chi connectivity index (χ0v) is 15.9. The van der Waals surface area contributed by atoms with Gasteiger partial charge in [0, 0.05) is 24.1 Å². The van der Waals surface area contributed by atoms with E-state index in [1.807, 2.05) is 6.07 Å². The molecule has 146 valence electrons. The van der Waals surface area contributed by atoms with Gasteiger partial charge in [0.2, 0.25) is 0 Å². The molecule has 1 aliphatic heterocycles. The number of esters is 1. The Kier molecular flexibility index (Phi) is 5.90. The highest BCUT2D eigenvalue weighted by Gasteiger charge is 2.37. The van der Waals surface area contributed by atoms with Gasteiger partial charge in [-0.1, -0.05) is 48.5 Å². The lowest BCUT2D eigenvalue weighted by molar-refractivity contribution is -0.150. The van der Waals surface area contributed by atoms with E-state index < -0.39 is 30.0 Å². The number of carbonyl (C=O) groups is 3. The van der Waals surface area contributed by atoms with Gasteiger partial charge in [0.1, 0.15) is 12.1 Å². The van der Waals surface area contributed by atoms with E-state index in [2.05, 4.69) is 0 Å². The second kappa shape index (κ2) is 8.35. The minimum absolute atomic E-state index is 0.107. The molecule has 1 fully saturated rings. The van der Waals surface area contributed by atoms with Gasteiger partial charge >= 0.3 is 11.9 Å². The van der Waals surface area contributed by atoms with E-state index in [1.54, 1.807) is 67.4 Å². The molecule has 0 bridgehead atoms. The molecule has 3 rings (SSSR count). The number of rotatable bonds is 6. The summed E-state index contributed by atoms with van der Waals surface area (Å²) in [4.78, 5) is 38.1. The van der Waals surface area contributed by atoms with Crippen molar-refractivity contribution < 1.29 is 24.2 Å². The van der Waals surface area contributed by atoms with Crippen LogP contribution in [-0.2, 0) is 14.3 Å². The molecule has 0 amide bonds. The fourth-order valence-electron chi connectivity index (χ4n) is 3.43. The Hall–Kier alpha value is -2.99. The molecule has 1 heterocycles. The van der Waals surface area contributed by atoms with Crippen LogP contribution in [0.25, 0.3) is 0 Å². The Morgan fingerprint density at radius 2 is 1.75 bits per heavy atom. The van der Waals surface area contributed by atoms with Crippen molar-refractivity contribution in [3.8, 4) is 0 Å². The first-order valence-electron chi connectivity index (χ1n) is 9.20. The average Bonchev–Trinajstić information content (AvgIpc) is 3.07. The van der Waals surface area contributed by atoms with Gasteiger partial charge in [-0.15, -0.1) is 0 Å². The fraction of sp³-hybridized carbons (Fsp3) is 0.318. The van der Waals surface area contributed by atoms with Crippen LogP contribution in [0, 0.1) is 0 Å². The van der Waals surface area contributed by atoms with Crippen LogP contribution in [0.3, 0.4) is 0 Å². The molecule has 6 nitrogen and oxygen atoms in total. The van der Waals surface area contributed by atoms with Gasteiger partial charge in [-0.05, 0) is 25.6 Å². The van der Waals surface area contributed by atoms with Crippen LogP contribution in [0.1, 0.15) is 40.7 Å². The van der Waals surface area contributed by atoms with Crippen molar-refractivity contribution >= 4 is 17.7 Å². The molecule has 1 N–H and O–H groups in total. The number of ketones is 1. The number of aliphatic carboxylic acids is 1. The maximum atomic E-state index is 12.6. The molecule has 2 aromatic carbocycles. The molecule has 1 saturated heterocycles. The molecule has 3 atom stereocenters. The maximum Gasteiger partial charge on any atom is 0.321 e. The van der Waals surface area contributed by atoms with Crippen molar-refractivity contribution in [2.24, 2.45) is 0 Å². The highest BCUT2D eigenvalue weighted by atomic mass is 16.5. The monoisotopic (exact) mass is 381 g/mol. The van der Waals surface area contributed by atoms with Crippen LogP contribution in [-0.4, -0.2) is 53.5 Å². The summed E-state index contributed by atoms with van der Waals surface area (Å²) in [6.07, 6.45) is -0.174. The topological polar surface area (TPSA) is 83.9 Å². The van der Waals surface area contributed by atoms with Crippen molar-refractivity contribution in [2.75, 3.05) is 13.6 Å². The first-order chi connectivity index (χ1) is 13.4. The summed E-state index contributed by atoms with van der Waals surface area (Å²) in [6, 6.07) is 15.3. The number of likely N-dealkylation sites (N-methyl/N-ethyl adjacent to an activating group) is 1. The summed E-state index contributed by atoms with van der Waals surface area (Å²) in [6.45, 7) is 2.11. The number of carboxylic acid groups (broad SMARTS) is 1. The second-order valence-electron chi connectivity index (χ2n) is 7.13. The van der Waals surface area contributed by atoms with Crippen LogP contribution in [0.4, 0.5) is 0 Å². The molecular weight excluding hydrogens is 358 g/mol. The molecule has 1 unspecified atom stereocenters. The van der Waals surface area contributed by atoms with Crippen molar-refractivity contribution in [1.82, 2.24) is 4.90 Å². The van der Waals surface area contributed by atoms with E-state index in [1.165, 1.54) is 0 Å². The van der Waals surface area contributed by atoms with E-state index in [9.17, 15) is 19.5 Å². The van der Waals surface area contributed by atoms with Gasteiger partial charge < -0.3 is 9.84 Å². The fourth-order valence-corrected chi connectivity index (χ4v) is 3.43. The first-order valence-corrected chi connectivity index (χ1v) is 9.20. The van der Waals surface area contributed by atoms with Crippen molar-refractivity contribution in [3.05, 3.63) is 71.3 Å². The van der Waals surface area contributed by atoms with Gasteiger partial charge in [-0.25, -0.2) is 0 Å². The van der Waals surface area contributed by atoms with E-state index in [-0.39, 0.29) is 12.2 Å². The largest absolute Gasteiger partial charge is 0.480 e. The van der Waals surface area contributed by atoms with Crippen molar-refractivity contribution in [3.63, 3.8) is 0 Å². The number of ether oxygens (including phenoxy) is 1.